The summed E-state index contributed by atoms with van der Waals surface area (Å²) in [4.78, 5) is 0. The van der Waals surface area contributed by atoms with E-state index in [1.807, 2.05) is 18.8 Å². The van der Waals surface area contributed by atoms with Gasteiger partial charge in [-0.2, -0.15) is 0 Å². The molecule has 0 aliphatic carbocycles. The van der Waals surface area contributed by atoms with E-state index in [9.17, 15) is 0 Å². The second-order valence-electron chi connectivity index (χ2n) is 2.78. The molecule has 2 N–H and O–H groups in total. The van der Waals surface area contributed by atoms with Crippen LogP contribution in [0, 0.1) is 0 Å². The molecule has 1 aromatic rings. The van der Waals surface area contributed by atoms with Crippen molar-refractivity contribution in [2.24, 2.45) is 0 Å². The van der Waals surface area contributed by atoms with E-state index in [2.05, 4.69) is 19.9 Å². The van der Waals surface area contributed by atoms with Gasteiger partial charge in [-0.25, -0.2) is 0 Å². The van der Waals surface area contributed by atoms with E-state index in [0.717, 1.165) is 5.69 Å². The summed E-state index contributed by atoms with van der Waals surface area (Å²) in [5.74, 6) is 4.49. The van der Waals surface area contributed by atoms with Crippen LogP contribution in [0.3, 0.4) is 0 Å². The Morgan fingerprint density at radius 3 is 2.60 bits per heavy atom. The molecule has 1 heterocycles. The number of hydrogen-bond acceptors (Lipinski definition) is 1. The molecule has 0 fully saturated rings. The van der Waals surface area contributed by atoms with Crippen LogP contribution in [-0.2, 0) is 0 Å². The van der Waals surface area contributed by atoms with Crippen molar-refractivity contribution >= 4 is 12.6 Å². The van der Waals surface area contributed by atoms with Crippen molar-refractivity contribution in [2.45, 2.75) is 19.8 Å². The Labute approximate surface area is 62.5 Å². The van der Waals surface area contributed by atoms with Crippen LogP contribution in [0.2, 0.25) is 0 Å². The molecule has 0 unspecified atom stereocenters. The van der Waals surface area contributed by atoms with Gasteiger partial charge in [0.25, 0.3) is 0 Å². The summed E-state index contributed by atoms with van der Waals surface area (Å²) in [6.07, 6.45) is 0. The van der Waals surface area contributed by atoms with Crippen molar-refractivity contribution in [3.63, 3.8) is 0 Å². The third-order valence-electron chi connectivity index (χ3n) is 1.62. The zero-order valence-electron chi connectivity index (χ0n) is 6.46. The van der Waals surface area contributed by atoms with Gasteiger partial charge in [0.1, 0.15) is 0 Å². The molecular weight excluding hydrogens is 121 g/mol. The van der Waals surface area contributed by atoms with Crippen LogP contribution in [0.15, 0.2) is 18.0 Å². The van der Waals surface area contributed by atoms with Crippen LogP contribution in [0.1, 0.15) is 25.3 Å². The van der Waals surface area contributed by atoms with Gasteiger partial charge < -0.3 is 0 Å². The topological polar surface area (TPSA) is 26.0 Å². The molecule has 1 rings (SSSR count). The van der Waals surface area contributed by atoms with Gasteiger partial charge in [0.2, 0.25) is 0 Å². The van der Waals surface area contributed by atoms with E-state index < -0.39 is 0 Å². The molecule has 0 aliphatic rings. The Hall–Kier alpha value is -0.785. The van der Waals surface area contributed by atoms with E-state index in [1.54, 1.807) is 0 Å². The zero-order chi connectivity index (χ0) is 7.56. The molecule has 0 aromatic carbocycles. The van der Waals surface area contributed by atoms with Crippen LogP contribution in [-0.4, -0.2) is 6.91 Å². The molecule has 2 heteroatoms. The Balaban J connectivity index is 3.03. The Kier molecular flexibility index (Phi) is 2.10. The summed E-state index contributed by atoms with van der Waals surface area (Å²) in [5.41, 5.74) is 7.86. The maximum absolute atomic E-state index is 5.72. The van der Waals surface area contributed by atoms with Gasteiger partial charge in [-0.1, -0.05) is 0 Å². The molecule has 52 valence electrons. The van der Waals surface area contributed by atoms with Gasteiger partial charge in [0, 0.05) is 0 Å². The van der Waals surface area contributed by atoms with Gasteiger partial charge in [-0.3, -0.25) is 0 Å². The Bertz CT molecular complexity index is 220. The molecule has 0 radical (unpaired) electrons. The fraction of sp³-hybridized carbons (Fsp3) is 0.375. The van der Waals surface area contributed by atoms with E-state index in [1.165, 1.54) is 5.56 Å². The standard InChI is InChI=1S/C8H12BN/c1-6(2)7-3-4-9-5-8(7)10/h3-6H,10H2,1-2H3. The minimum absolute atomic E-state index is 0.529. The average molecular weight is 133 g/mol. The normalized spacial score (nSPS) is 9.90. The van der Waals surface area contributed by atoms with Crippen molar-refractivity contribution in [3.05, 3.63) is 23.6 Å². The fourth-order valence-corrected chi connectivity index (χ4v) is 1.04. The first-order chi connectivity index (χ1) is 4.72. The first-order valence-electron chi connectivity index (χ1n) is 3.56. The van der Waals surface area contributed by atoms with Gasteiger partial charge in [-0.05, 0) is 0 Å². The molecule has 0 atom stereocenters. The van der Waals surface area contributed by atoms with Crippen LogP contribution in [0.4, 0.5) is 5.69 Å². The molecule has 0 amide bonds. The van der Waals surface area contributed by atoms with Crippen molar-refractivity contribution in [1.29, 1.82) is 0 Å². The maximum atomic E-state index is 5.72. The Morgan fingerprint density at radius 2 is 2.20 bits per heavy atom. The molecule has 0 spiro atoms. The first kappa shape index (κ1) is 7.32. The molecule has 1 nitrogen and oxygen atoms in total. The van der Waals surface area contributed by atoms with E-state index >= 15 is 0 Å². The predicted molar refractivity (Wildman–Crippen MR) is 46.3 cm³/mol. The van der Waals surface area contributed by atoms with Gasteiger partial charge >= 0.3 is 61.6 Å². The second-order valence-corrected chi connectivity index (χ2v) is 2.78. The third-order valence-corrected chi connectivity index (χ3v) is 1.62. The van der Waals surface area contributed by atoms with Crippen LogP contribution >= 0.6 is 0 Å². The first-order valence-corrected chi connectivity index (χ1v) is 3.56. The SMILES string of the molecule is CC(C)c1ccbcc1N. The summed E-state index contributed by atoms with van der Waals surface area (Å²) in [6.45, 7) is 6.25. The second kappa shape index (κ2) is 2.87. The van der Waals surface area contributed by atoms with Crippen molar-refractivity contribution < 1.29 is 0 Å². The summed E-state index contributed by atoms with van der Waals surface area (Å²) in [7, 11) is 0. The minimum atomic E-state index is 0.529. The monoisotopic (exact) mass is 133 g/mol. The van der Waals surface area contributed by atoms with Gasteiger partial charge in [0.05, 0.1) is 0 Å². The third kappa shape index (κ3) is 1.38. The fourth-order valence-electron chi connectivity index (χ4n) is 1.04. The van der Waals surface area contributed by atoms with Crippen LogP contribution in [0.25, 0.3) is 0 Å². The van der Waals surface area contributed by atoms with E-state index in [0.29, 0.717) is 5.92 Å². The van der Waals surface area contributed by atoms with E-state index in [4.69, 9.17) is 5.73 Å². The Morgan fingerprint density at radius 1 is 1.50 bits per heavy atom. The summed E-state index contributed by atoms with van der Waals surface area (Å²) >= 11 is 0. The number of nitrogen functional groups attached to an aromatic ring is 1. The number of hydrogen-bond donors (Lipinski definition) is 1. The number of rotatable bonds is 1. The van der Waals surface area contributed by atoms with Crippen molar-refractivity contribution in [2.75, 3.05) is 5.73 Å². The molecule has 0 aliphatic heterocycles. The predicted octanol–water partition coefficient (Wildman–Crippen LogP) is 1.73. The summed E-state index contributed by atoms with van der Waals surface area (Å²) in [6, 6.07) is 2.07. The van der Waals surface area contributed by atoms with Crippen molar-refractivity contribution in [3.8, 4) is 0 Å². The number of nitrogens with two attached hydrogens (primary N) is 1. The molecule has 0 saturated heterocycles. The summed E-state index contributed by atoms with van der Waals surface area (Å²) < 4.78 is 0. The molecule has 0 saturated carbocycles. The average Bonchev–Trinajstić information content (AvgIpc) is 1.88. The molecule has 0 bridgehead atoms. The van der Waals surface area contributed by atoms with E-state index in [-0.39, 0.29) is 0 Å². The molecule has 1 aromatic heterocycles. The number of anilines is 1. The zero-order valence-corrected chi connectivity index (χ0v) is 6.46. The summed E-state index contributed by atoms with van der Waals surface area (Å²) in [5, 5.41) is 0. The van der Waals surface area contributed by atoms with Crippen LogP contribution in [0.5, 0.6) is 0 Å². The van der Waals surface area contributed by atoms with Crippen LogP contribution < -0.4 is 5.73 Å². The van der Waals surface area contributed by atoms with Gasteiger partial charge in [0.15, 0.2) is 0 Å². The van der Waals surface area contributed by atoms with Gasteiger partial charge in [-0.15, -0.1) is 0 Å². The quantitative estimate of drug-likeness (QED) is 0.620. The molecule has 10 heavy (non-hydrogen) atoms. The van der Waals surface area contributed by atoms with Crippen molar-refractivity contribution in [1.82, 2.24) is 0 Å². The molecular formula is C8H12BN.